The lowest BCUT2D eigenvalue weighted by Gasteiger charge is -2.31. The van der Waals surface area contributed by atoms with E-state index in [1.54, 1.807) is 30.3 Å². The zero-order chi connectivity index (χ0) is 16.8. The molecule has 2 aromatic rings. The van der Waals surface area contributed by atoms with Crippen LogP contribution in [0.3, 0.4) is 0 Å². The average Bonchev–Trinajstić information content (AvgIpc) is 3.11. The summed E-state index contributed by atoms with van der Waals surface area (Å²) in [6.45, 7) is 0. The van der Waals surface area contributed by atoms with Gasteiger partial charge in [0.25, 0.3) is 15.8 Å². The number of hydrogen-bond acceptors (Lipinski definition) is 5. The quantitative estimate of drug-likeness (QED) is 0.764. The third-order valence-corrected chi connectivity index (χ3v) is 7.71. The third-order valence-electron chi connectivity index (χ3n) is 4.22. The number of halogens is 1. The van der Waals surface area contributed by atoms with E-state index < -0.39 is 15.8 Å². The van der Waals surface area contributed by atoms with Gasteiger partial charge in [-0.3, -0.25) is 4.72 Å². The van der Waals surface area contributed by atoms with E-state index in [4.69, 9.17) is 9.47 Å². The molecular weight excluding hydrogens is 414 g/mol. The fraction of sp³-hybridized carbons (Fsp3) is 0.375. The predicted octanol–water partition coefficient (Wildman–Crippen LogP) is 4.74. The molecule has 0 amide bonds. The van der Waals surface area contributed by atoms with Gasteiger partial charge >= 0.3 is 0 Å². The van der Waals surface area contributed by atoms with Gasteiger partial charge in [0.05, 0.1) is 9.47 Å². The fourth-order valence-corrected chi connectivity index (χ4v) is 6.16. The normalized spacial score (nSPS) is 18.7. The van der Waals surface area contributed by atoms with E-state index in [0.29, 0.717) is 17.2 Å². The molecule has 1 aromatic carbocycles. The molecule has 0 saturated heterocycles. The van der Waals surface area contributed by atoms with E-state index in [1.165, 1.54) is 17.8 Å². The summed E-state index contributed by atoms with van der Waals surface area (Å²) in [7, 11) is -3.60. The molecule has 1 aliphatic heterocycles. The molecule has 1 aromatic heterocycles. The lowest BCUT2D eigenvalue weighted by Crippen LogP contribution is -2.40. The van der Waals surface area contributed by atoms with Crippen molar-refractivity contribution in [3.05, 3.63) is 34.1 Å². The van der Waals surface area contributed by atoms with Gasteiger partial charge in [-0.15, -0.1) is 11.3 Å². The van der Waals surface area contributed by atoms with Crippen molar-refractivity contribution >= 4 is 43.0 Å². The van der Waals surface area contributed by atoms with Gasteiger partial charge in [-0.1, -0.05) is 6.42 Å². The summed E-state index contributed by atoms with van der Waals surface area (Å²) in [4.78, 5) is 0. The molecule has 0 bridgehead atoms. The zero-order valence-electron chi connectivity index (χ0n) is 12.7. The van der Waals surface area contributed by atoms with Crippen LogP contribution in [0.4, 0.5) is 5.69 Å². The summed E-state index contributed by atoms with van der Waals surface area (Å²) < 4.78 is 40.5. The van der Waals surface area contributed by atoms with Crippen LogP contribution in [0.5, 0.6) is 11.5 Å². The first kappa shape index (κ1) is 16.2. The van der Waals surface area contributed by atoms with Crippen molar-refractivity contribution in [3.63, 3.8) is 0 Å². The van der Waals surface area contributed by atoms with Gasteiger partial charge in [-0.25, -0.2) is 8.42 Å². The topological polar surface area (TPSA) is 64.6 Å². The Bertz CT molecular complexity index is 872. The molecule has 24 heavy (non-hydrogen) atoms. The first-order chi connectivity index (χ1) is 11.5. The fourth-order valence-electron chi connectivity index (χ4n) is 3.10. The Balaban J connectivity index is 1.56. The summed E-state index contributed by atoms with van der Waals surface area (Å²) in [5.41, 5.74) is 0.467. The molecule has 0 radical (unpaired) electrons. The largest absolute Gasteiger partial charge is 0.448 e. The molecule has 1 aliphatic carbocycles. The molecule has 1 saturated carbocycles. The van der Waals surface area contributed by atoms with E-state index >= 15 is 0 Å². The molecule has 4 rings (SSSR count). The Morgan fingerprint density at radius 2 is 1.79 bits per heavy atom. The highest BCUT2D eigenvalue weighted by atomic mass is 79.9. The van der Waals surface area contributed by atoms with Crippen molar-refractivity contribution in [2.75, 3.05) is 4.72 Å². The number of hydrogen-bond donors (Lipinski definition) is 1. The van der Waals surface area contributed by atoms with Crippen LogP contribution in [0.15, 0.2) is 38.3 Å². The first-order valence-corrected chi connectivity index (χ1v) is 10.9. The summed E-state index contributed by atoms with van der Waals surface area (Å²) >= 11 is 4.45. The molecule has 0 atom stereocenters. The molecule has 1 fully saturated rings. The maximum atomic E-state index is 12.4. The highest BCUT2D eigenvalue weighted by Crippen LogP contribution is 2.46. The zero-order valence-corrected chi connectivity index (χ0v) is 16.0. The van der Waals surface area contributed by atoms with Crippen molar-refractivity contribution in [2.45, 2.75) is 42.1 Å². The highest BCUT2D eigenvalue weighted by molar-refractivity contribution is 9.11. The highest BCUT2D eigenvalue weighted by Gasteiger charge is 2.42. The lowest BCUT2D eigenvalue weighted by atomic mass is 9.94. The first-order valence-electron chi connectivity index (χ1n) is 7.76. The van der Waals surface area contributed by atoms with Crippen LogP contribution < -0.4 is 14.2 Å². The van der Waals surface area contributed by atoms with E-state index in [-0.39, 0.29) is 4.21 Å². The van der Waals surface area contributed by atoms with Crippen molar-refractivity contribution in [1.82, 2.24) is 0 Å². The number of nitrogens with one attached hydrogen (secondary N) is 1. The summed E-state index contributed by atoms with van der Waals surface area (Å²) in [5, 5.41) is 0. The number of fused-ring (bicyclic) bond motifs is 1. The van der Waals surface area contributed by atoms with Gasteiger partial charge < -0.3 is 9.47 Å². The average molecular weight is 430 g/mol. The van der Waals surface area contributed by atoms with Crippen molar-refractivity contribution in [1.29, 1.82) is 0 Å². The van der Waals surface area contributed by atoms with Crippen LogP contribution in [-0.2, 0) is 10.0 Å². The minimum atomic E-state index is -3.60. The van der Waals surface area contributed by atoms with Crippen LogP contribution in [0.25, 0.3) is 0 Å². The van der Waals surface area contributed by atoms with Crippen LogP contribution in [0.2, 0.25) is 0 Å². The van der Waals surface area contributed by atoms with Gasteiger partial charge in [-0.2, -0.15) is 0 Å². The molecule has 1 spiro atoms. The van der Waals surface area contributed by atoms with Crippen LogP contribution >= 0.6 is 27.3 Å². The smallest absolute Gasteiger partial charge is 0.271 e. The SMILES string of the molecule is O=S(=O)(Nc1ccc2c(c1)OC1(CCCCC1)O2)c1ccc(Br)s1. The lowest BCUT2D eigenvalue weighted by molar-refractivity contribution is -0.105. The standard InChI is InChI=1S/C16H16BrNO4S2/c17-14-6-7-15(23-14)24(19,20)18-11-4-5-12-13(10-11)22-16(21-12)8-2-1-3-9-16/h4-7,10,18H,1-3,8-9H2. The number of anilines is 1. The van der Waals surface area contributed by atoms with Crippen LogP contribution in [-0.4, -0.2) is 14.2 Å². The van der Waals surface area contributed by atoms with E-state index in [9.17, 15) is 8.42 Å². The Labute approximate surface area is 153 Å². The summed E-state index contributed by atoms with van der Waals surface area (Å²) in [5.74, 6) is 0.722. The van der Waals surface area contributed by atoms with Crippen molar-refractivity contribution < 1.29 is 17.9 Å². The second kappa shape index (κ2) is 5.93. The number of sulfonamides is 1. The van der Waals surface area contributed by atoms with Gasteiger partial charge in [0.1, 0.15) is 4.21 Å². The second-order valence-corrected chi connectivity index (χ2v) is 10.4. The maximum absolute atomic E-state index is 12.4. The molecule has 8 heteroatoms. The monoisotopic (exact) mass is 429 g/mol. The molecule has 2 aliphatic rings. The Kier molecular flexibility index (Phi) is 4.01. The molecule has 0 unspecified atom stereocenters. The van der Waals surface area contributed by atoms with E-state index in [0.717, 1.165) is 29.5 Å². The third kappa shape index (κ3) is 3.02. The Morgan fingerprint density at radius 1 is 1.04 bits per heavy atom. The second-order valence-electron chi connectivity index (χ2n) is 6.00. The predicted molar refractivity (Wildman–Crippen MR) is 96.3 cm³/mol. The number of thiophene rings is 1. The van der Waals surface area contributed by atoms with E-state index in [2.05, 4.69) is 20.7 Å². The number of benzene rings is 1. The maximum Gasteiger partial charge on any atom is 0.271 e. The molecule has 1 N–H and O–H groups in total. The van der Waals surface area contributed by atoms with Gasteiger partial charge in [0, 0.05) is 18.9 Å². The molecule has 5 nitrogen and oxygen atoms in total. The van der Waals surface area contributed by atoms with Crippen LogP contribution in [0.1, 0.15) is 32.1 Å². The van der Waals surface area contributed by atoms with E-state index in [1.807, 2.05) is 0 Å². The van der Waals surface area contributed by atoms with Gasteiger partial charge in [-0.05, 0) is 53.0 Å². The molecule has 2 heterocycles. The summed E-state index contributed by atoms with van der Waals surface area (Å²) in [6.07, 6.45) is 5.10. The Hall–Kier alpha value is -1.25. The minimum Gasteiger partial charge on any atom is -0.448 e. The van der Waals surface area contributed by atoms with Gasteiger partial charge in [0.2, 0.25) is 0 Å². The van der Waals surface area contributed by atoms with Crippen molar-refractivity contribution in [2.24, 2.45) is 0 Å². The van der Waals surface area contributed by atoms with Crippen LogP contribution in [0, 0.1) is 0 Å². The number of ether oxygens (including phenoxy) is 2. The Morgan fingerprint density at radius 3 is 2.50 bits per heavy atom. The minimum absolute atomic E-state index is 0.260. The van der Waals surface area contributed by atoms with Gasteiger partial charge in [0.15, 0.2) is 11.5 Å². The molecule has 128 valence electrons. The number of rotatable bonds is 3. The van der Waals surface area contributed by atoms with Crippen molar-refractivity contribution in [3.8, 4) is 11.5 Å². The summed E-state index contributed by atoms with van der Waals surface area (Å²) in [6, 6.07) is 8.44. The molecular formula is C16H16BrNO4S2.